The Labute approximate surface area is 176 Å². The van der Waals surface area contributed by atoms with Crippen LogP contribution in [-0.4, -0.2) is 34.4 Å². The van der Waals surface area contributed by atoms with Crippen LogP contribution >= 0.6 is 0 Å². The quantitative estimate of drug-likeness (QED) is 0.629. The molecule has 0 aliphatic carbocycles. The number of hydrogen-bond acceptors (Lipinski definition) is 3. The number of nitrogens with zero attached hydrogens (tertiary/aromatic N) is 1. The van der Waals surface area contributed by atoms with Gasteiger partial charge in [-0.05, 0) is 30.0 Å². The first-order chi connectivity index (χ1) is 14.7. The van der Waals surface area contributed by atoms with Crippen LogP contribution in [0.3, 0.4) is 0 Å². The molecular weight excluding hydrogens is 376 g/mol. The third kappa shape index (κ3) is 3.23. The van der Waals surface area contributed by atoms with E-state index in [1.807, 2.05) is 53.4 Å². The molecule has 2 aliphatic heterocycles. The maximum atomic E-state index is 13.1. The average molecular weight is 402 g/mol. The number of fused-ring (bicyclic) bond motifs is 2. The van der Waals surface area contributed by atoms with E-state index in [0.29, 0.717) is 25.1 Å². The first kappa shape index (κ1) is 19.1. The molecule has 4 atom stereocenters. The molecule has 5 heteroatoms. The second kappa shape index (κ2) is 7.73. The second-order valence-corrected chi connectivity index (χ2v) is 8.39. The number of carbonyl (C=O) groups excluding carboxylic acids is 2. The van der Waals surface area contributed by atoms with Crippen molar-refractivity contribution in [1.29, 1.82) is 0 Å². The van der Waals surface area contributed by atoms with Crippen LogP contribution in [0.1, 0.15) is 48.3 Å². The van der Waals surface area contributed by atoms with Crippen LogP contribution in [0.4, 0.5) is 0 Å². The summed E-state index contributed by atoms with van der Waals surface area (Å²) in [6.07, 6.45) is 1.39. The van der Waals surface area contributed by atoms with Gasteiger partial charge in [-0.1, -0.05) is 55.5 Å². The smallest absolute Gasteiger partial charge is 0.225 e. The van der Waals surface area contributed by atoms with Crippen molar-refractivity contribution < 1.29 is 14.3 Å². The predicted octanol–water partition coefficient (Wildman–Crippen LogP) is 4.71. The summed E-state index contributed by atoms with van der Waals surface area (Å²) in [5.74, 6) is 0.306. The molecule has 2 saturated heterocycles. The Balaban J connectivity index is 1.36. The van der Waals surface area contributed by atoms with E-state index in [1.165, 1.54) is 0 Å². The molecule has 3 aromatic rings. The molecule has 30 heavy (non-hydrogen) atoms. The molecule has 0 spiro atoms. The number of rotatable bonds is 5. The number of hydrogen-bond donors (Lipinski definition) is 1. The Hall–Kier alpha value is -2.92. The highest BCUT2D eigenvalue weighted by Gasteiger charge is 2.49. The molecule has 0 bridgehead atoms. The summed E-state index contributed by atoms with van der Waals surface area (Å²) in [5.41, 5.74) is 2.69. The van der Waals surface area contributed by atoms with E-state index in [4.69, 9.17) is 4.74 Å². The minimum absolute atomic E-state index is 0.00261. The monoisotopic (exact) mass is 402 g/mol. The summed E-state index contributed by atoms with van der Waals surface area (Å²) in [4.78, 5) is 31.3. The van der Waals surface area contributed by atoms with Gasteiger partial charge in [0, 0.05) is 29.7 Å². The number of Topliss-reactive ketones (excluding diaryl/α,β-unsaturated/α-hetero) is 1. The number of benzene rings is 2. The van der Waals surface area contributed by atoms with Gasteiger partial charge in [0.15, 0.2) is 5.78 Å². The lowest BCUT2D eigenvalue weighted by Crippen LogP contribution is -2.50. The van der Waals surface area contributed by atoms with Gasteiger partial charge in [0.25, 0.3) is 0 Å². The van der Waals surface area contributed by atoms with E-state index < -0.39 is 0 Å². The number of para-hydroxylation sites is 1. The third-order valence-electron chi connectivity index (χ3n) is 6.67. The van der Waals surface area contributed by atoms with Crippen molar-refractivity contribution >= 4 is 22.6 Å². The molecule has 3 heterocycles. The van der Waals surface area contributed by atoms with Gasteiger partial charge in [0.1, 0.15) is 6.23 Å². The maximum Gasteiger partial charge on any atom is 0.225 e. The van der Waals surface area contributed by atoms with Gasteiger partial charge in [0.05, 0.1) is 18.3 Å². The first-order valence-corrected chi connectivity index (χ1v) is 10.7. The summed E-state index contributed by atoms with van der Waals surface area (Å²) in [5, 5.41) is 1.03. The maximum absolute atomic E-state index is 13.1. The fourth-order valence-corrected chi connectivity index (χ4v) is 5.15. The normalized spacial score (nSPS) is 26.2. The molecule has 0 unspecified atom stereocenters. The Morgan fingerprint density at radius 1 is 1.13 bits per heavy atom. The molecule has 1 amide bonds. The Morgan fingerprint density at radius 2 is 1.90 bits per heavy atom. The van der Waals surface area contributed by atoms with E-state index in [2.05, 4.69) is 24.0 Å². The van der Waals surface area contributed by atoms with Crippen molar-refractivity contribution in [2.75, 3.05) is 6.61 Å². The van der Waals surface area contributed by atoms with Crippen LogP contribution in [0.25, 0.3) is 10.9 Å². The topological polar surface area (TPSA) is 62.4 Å². The van der Waals surface area contributed by atoms with E-state index in [1.54, 1.807) is 0 Å². The molecule has 2 aliphatic rings. The predicted molar refractivity (Wildman–Crippen MR) is 115 cm³/mol. The minimum Gasteiger partial charge on any atom is -0.355 e. The summed E-state index contributed by atoms with van der Waals surface area (Å²) in [7, 11) is 0. The van der Waals surface area contributed by atoms with Crippen molar-refractivity contribution in [3.05, 3.63) is 71.9 Å². The van der Waals surface area contributed by atoms with Crippen LogP contribution in [-0.2, 0) is 9.53 Å². The lowest BCUT2D eigenvalue weighted by Gasteiger charge is -2.42. The van der Waals surface area contributed by atoms with Crippen LogP contribution < -0.4 is 0 Å². The molecular formula is C25H26N2O3. The molecule has 5 nitrogen and oxygen atoms in total. The minimum atomic E-state index is -0.248. The Bertz CT molecular complexity index is 1040. The van der Waals surface area contributed by atoms with E-state index in [9.17, 15) is 9.59 Å². The number of H-pyrrole nitrogens is 1. The fourth-order valence-electron chi connectivity index (χ4n) is 5.15. The molecule has 2 aromatic carbocycles. The van der Waals surface area contributed by atoms with E-state index in [0.717, 1.165) is 22.9 Å². The summed E-state index contributed by atoms with van der Waals surface area (Å²) in [6.45, 7) is 2.64. The lowest BCUT2D eigenvalue weighted by molar-refractivity contribution is -0.152. The first-order valence-electron chi connectivity index (χ1n) is 10.7. The zero-order valence-corrected chi connectivity index (χ0v) is 17.1. The van der Waals surface area contributed by atoms with E-state index >= 15 is 0 Å². The second-order valence-electron chi connectivity index (χ2n) is 8.39. The number of carbonyl (C=O) groups is 2. The number of ether oxygens (including phenoxy) is 1. The third-order valence-corrected chi connectivity index (χ3v) is 6.67. The van der Waals surface area contributed by atoms with Crippen LogP contribution in [0.2, 0.25) is 0 Å². The SMILES string of the molecule is CC[C@H]1[C@H](CC(=O)c2cc3ccccc3[nH]2)CC(=O)N2[C@@H]1OC[C@H]2c1ccccc1. The highest BCUT2D eigenvalue weighted by molar-refractivity contribution is 5.99. The van der Waals surface area contributed by atoms with Gasteiger partial charge in [-0.2, -0.15) is 0 Å². The standard InChI is InChI=1S/C25H26N2O3/c1-2-19-18(13-23(28)21-12-17-10-6-7-11-20(17)26-21)14-24(29)27-22(15-30-25(19)27)16-8-4-3-5-9-16/h3-12,18-19,22,25-26H,2,13-15H2,1H3/t18-,19+,22+,25-/m1/s1. The summed E-state index contributed by atoms with van der Waals surface area (Å²) < 4.78 is 6.15. The zero-order valence-electron chi connectivity index (χ0n) is 17.1. The van der Waals surface area contributed by atoms with Crippen LogP contribution in [0.15, 0.2) is 60.7 Å². The van der Waals surface area contributed by atoms with Crippen molar-refractivity contribution in [1.82, 2.24) is 9.88 Å². The van der Waals surface area contributed by atoms with Crippen LogP contribution in [0, 0.1) is 11.8 Å². The number of ketones is 1. The Kier molecular flexibility index (Phi) is 4.91. The number of amides is 1. The average Bonchev–Trinajstić information content (AvgIpc) is 3.40. The van der Waals surface area contributed by atoms with Gasteiger partial charge >= 0.3 is 0 Å². The molecule has 1 N–H and O–H groups in total. The highest BCUT2D eigenvalue weighted by atomic mass is 16.5. The molecule has 5 rings (SSSR count). The number of piperidine rings is 1. The van der Waals surface area contributed by atoms with Crippen molar-refractivity contribution in [3.63, 3.8) is 0 Å². The number of nitrogens with one attached hydrogen (secondary N) is 1. The number of aromatic amines is 1. The lowest BCUT2D eigenvalue weighted by atomic mass is 9.78. The van der Waals surface area contributed by atoms with Crippen molar-refractivity contribution in [2.24, 2.45) is 11.8 Å². The summed E-state index contributed by atoms with van der Waals surface area (Å²) >= 11 is 0. The largest absolute Gasteiger partial charge is 0.355 e. The molecule has 1 aromatic heterocycles. The van der Waals surface area contributed by atoms with Gasteiger partial charge < -0.3 is 14.6 Å². The molecule has 0 radical (unpaired) electrons. The zero-order chi connectivity index (χ0) is 20.7. The highest BCUT2D eigenvalue weighted by Crippen LogP contribution is 2.43. The fraction of sp³-hybridized carbons (Fsp3) is 0.360. The molecule has 154 valence electrons. The van der Waals surface area contributed by atoms with Gasteiger partial charge in [0.2, 0.25) is 5.91 Å². The Morgan fingerprint density at radius 3 is 2.67 bits per heavy atom. The van der Waals surface area contributed by atoms with E-state index in [-0.39, 0.29) is 35.8 Å². The molecule has 2 fully saturated rings. The van der Waals surface area contributed by atoms with Gasteiger partial charge in [-0.25, -0.2) is 0 Å². The number of aromatic nitrogens is 1. The van der Waals surface area contributed by atoms with Crippen molar-refractivity contribution in [3.8, 4) is 0 Å². The van der Waals surface area contributed by atoms with Crippen LogP contribution in [0.5, 0.6) is 0 Å². The van der Waals surface area contributed by atoms with Gasteiger partial charge in [-0.3, -0.25) is 9.59 Å². The molecule has 0 saturated carbocycles. The van der Waals surface area contributed by atoms with Gasteiger partial charge in [-0.15, -0.1) is 0 Å². The summed E-state index contributed by atoms with van der Waals surface area (Å²) in [6, 6.07) is 19.8. The van der Waals surface area contributed by atoms with Crippen molar-refractivity contribution in [2.45, 2.75) is 38.5 Å².